The molecule has 26 heavy (non-hydrogen) atoms. The summed E-state index contributed by atoms with van der Waals surface area (Å²) in [5.74, 6) is 1.52. The van der Waals surface area contributed by atoms with Crippen LogP contribution in [0.2, 0.25) is 0 Å². The first-order valence-corrected chi connectivity index (χ1v) is 9.19. The molecule has 0 aliphatic carbocycles. The number of nitrogens with zero attached hydrogens (tertiary/aromatic N) is 1. The average molecular weight is 384 g/mol. The third kappa shape index (κ3) is 5.02. The fraction of sp³-hybridized carbons (Fsp3) is 0.632. The summed E-state index contributed by atoms with van der Waals surface area (Å²) in [7, 11) is 0. The highest BCUT2D eigenvalue weighted by Crippen LogP contribution is 2.35. The number of fused-ring (bicyclic) bond motifs is 1. The van der Waals surface area contributed by atoms with Crippen LogP contribution in [0.15, 0.2) is 18.2 Å². The van der Waals surface area contributed by atoms with E-state index >= 15 is 0 Å². The molecule has 1 aromatic rings. The van der Waals surface area contributed by atoms with Gasteiger partial charge in [0.1, 0.15) is 13.2 Å². The molecule has 7 heteroatoms. The molecule has 2 N–H and O–H groups in total. The molecule has 1 fully saturated rings. The van der Waals surface area contributed by atoms with Gasteiger partial charge in [0.15, 0.2) is 11.5 Å². The normalized spacial score (nSPS) is 17.3. The van der Waals surface area contributed by atoms with E-state index < -0.39 is 5.41 Å². The van der Waals surface area contributed by atoms with Crippen molar-refractivity contribution >= 4 is 18.3 Å². The summed E-state index contributed by atoms with van der Waals surface area (Å²) in [4.78, 5) is 15.1. The van der Waals surface area contributed by atoms with E-state index in [0.717, 1.165) is 56.2 Å². The molecule has 1 saturated heterocycles. The quantitative estimate of drug-likeness (QED) is 0.730. The van der Waals surface area contributed by atoms with Crippen LogP contribution in [0, 0.1) is 0 Å². The Morgan fingerprint density at radius 3 is 2.62 bits per heavy atom. The van der Waals surface area contributed by atoms with Crippen molar-refractivity contribution in [1.29, 1.82) is 0 Å². The molecule has 0 unspecified atom stereocenters. The topological polar surface area (TPSA) is 62.8 Å². The van der Waals surface area contributed by atoms with E-state index in [0.29, 0.717) is 19.8 Å². The van der Waals surface area contributed by atoms with Crippen molar-refractivity contribution in [2.45, 2.75) is 25.7 Å². The molecule has 0 spiro atoms. The van der Waals surface area contributed by atoms with Crippen LogP contribution in [0.5, 0.6) is 11.5 Å². The van der Waals surface area contributed by atoms with Crippen molar-refractivity contribution in [3.05, 3.63) is 23.8 Å². The summed E-state index contributed by atoms with van der Waals surface area (Å²) in [5, 5.41) is 6.44. The highest BCUT2D eigenvalue weighted by molar-refractivity contribution is 5.87. The number of hydrogen-bond donors (Lipinski definition) is 2. The zero-order valence-corrected chi connectivity index (χ0v) is 16.5. The maximum absolute atomic E-state index is 12.7. The van der Waals surface area contributed by atoms with E-state index in [1.807, 2.05) is 32.0 Å². The first-order chi connectivity index (χ1) is 12.1. The van der Waals surface area contributed by atoms with E-state index in [9.17, 15) is 4.79 Å². The van der Waals surface area contributed by atoms with Gasteiger partial charge in [-0.2, -0.15) is 0 Å². The Hall–Kier alpha value is -1.50. The van der Waals surface area contributed by atoms with Gasteiger partial charge in [-0.3, -0.25) is 4.79 Å². The SMILES string of the molecule is CC(C)(C(=O)NCCCN1CCNCC1)c1ccc2c(c1)OCCO2.Cl. The van der Waals surface area contributed by atoms with Gasteiger partial charge in [0.05, 0.1) is 5.41 Å². The summed E-state index contributed by atoms with van der Waals surface area (Å²) in [6.07, 6.45) is 0.975. The zero-order chi connectivity index (χ0) is 17.7. The molecule has 0 saturated carbocycles. The van der Waals surface area contributed by atoms with Gasteiger partial charge in [-0.25, -0.2) is 0 Å². The van der Waals surface area contributed by atoms with Crippen LogP contribution in [-0.4, -0.2) is 63.3 Å². The number of carbonyl (C=O) groups is 1. The Bertz CT molecular complexity index is 604. The lowest BCUT2D eigenvalue weighted by Crippen LogP contribution is -2.45. The average Bonchev–Trinajstić information content (AvgIpc) is 2.65. The number of hydrogen-bond acceptors (Lipinski definition) is 5. The highest BCUT2D eigenvalue weighted by Gasteiger charge is 2.30. The lowest BCUT2D eigenvalue weighted by Gasteiger charge is -2.28. The van der Waals surface area contributed by atoms with Crippen molar-refractivity contribution in [1.82, 2.24) is 15.5 Å². The molecular weight excluding hydrogens is 354 g/mol. The predicted octanol–water partition coefficient (Wildman–Crippen LogP) is 1.57. The number of halogens is 1. The van der Waals surface area contributed by atoms with Crippen molar-refractivity contribution in [2.24, 2.45) is 0 Å². The molecule has 0 atom stereocenters. The number of carbonyl (C=O) groups excluding carboxylic acids is 1. The molecule has 6 nitrogen and oxygen atoms in total. The number of rotatable bonds is 6. The number of ether oxygens (including phenoxy) is 2. The maximum Gasteiger partial charge on any atom is 0.230 e. The summed E-state index contributed by atoms with van der Waals surface area (Å²) in [5.41, 5.74) is 0.335. The molecule has 1 amide bonds. The van der Waals surface area contributed by atoms with Crippen molar-refractivity contribution in [3.63, 3.8) is 0 Å². The van der Waals surface area contributed by atoms with Gasteiger partial charge < -0.3 is 25.0 Å². The monoisotopic (exact) mass is 383 g/mol. The van der Waals surface area contributed by atoms with E-state index in [1.165, 1.54) is 0 Å². The van der Waals surface area contributed by atoms with Gasteiger partial charge in [-0.05, 0) is 44.5 Å². The minimum Gasteiger partial charge on any atom is -0.486 e. The first kappa shape index (κ1) is 20.8. The Morgan fingerprint density at radius 2 is 1.88 bits per heavy atom. The molecule has 2 heterocycles. The highest BCUT2D eigenvalue weighted by atomic mass is 35.5. The fourth-order valence-electron chi connectivity index (χ4n) is 3.22. The molecule has 0 bridgehead atoms. The van der Waals surface area contributed by atoms with Crippen molar-refractivity contribution in [2.75, 3.05) is 52.5 Å². The van der Waals surface area contributed by atoms with Crippen LogP contribution in [0.3, 0.4) is 0 Å². The van der Waals surface area contributed by atoms with Crippen molar-refractivity contribution < 1.29 is 14.3 Å². The fourth-order valence-corrected chi connectivity index (χ4v) is 3.22. The number of benzene rings is 1. The van der Waals surface area contributed by atoms with E-state index in [4.69, 9.17) is 9.47 Å². The van der Waals surface area contributed by atoms with Gasteiger partial charge in [0, 0.05) is 32.7 Å². The molecule has 3 rings (SSSR count). The van der Waals surface area contributed by atoms with Crippen LogP contribution in [-0.2, 0) is 10.2 Å². The standard InChI is InChI=1S/C19H29N3O3.ClH/c1-19(2,15-4-5-16-17(14-15)25-13-12-24-16)18(23)21-6-3-9-22-10-7-20-8-11-22;/h4-5,14,20H,3,6-13H2,1-2H3,(H,21,23);1H. The number of amides is 1. The van der Waals surface area contributed by atoms with Gasteiger partial charge in [0.2, 0.25) is 5.91 Å². The van der Waals surface area contributed by atoms with E-state index in [-0.39, 0.29) is 18.3 Å². The first-order valence-electron chi connectivity index (χ1n) is 9.19. The predicted molar refractivity (Wildman–Crippen MR) is 105 cm³/mol. The minimum atomic E-state index is -0.606. The lowest BCUT2D eigenvalue weighted by atomic mass is 9.83. The Kier molecular flexibility index (Phi) is 7.55. The third-order valence-corrected chi connectivity index (χ3v) is 4.98. The Labute approximate surface area is 162 Å². The molecular formula is C19H30ClN3O3. The molecule has 0 radical (unpaired) electrons. The molecule has 1 aromatic carbocycles. The number of piperazine rings is 1. The minimum absolute atomic E-state index is 0. The van der Waals surface area contributed by atoms with Crippen LogP contribution < -0.4 is 20.1 Å². The van der Waals surface area contributed by atoms with Gasteiger partial charge in [-0.15, -0.1) is 12.4 Å². The molecule has 0 aromatic heterocycles. The summed E-state index contributed by atoms with van der Waals surface area (Å²) < 4.78 is 11.2. The van der Waals surface area contributed by atoms with Crippen LogP contribution in [0.4, 0.5) is 0 Å². The second-order valence-corrected chi connectivity index (χ2v) is 7.18. The van der Waals surface area contributed by atoms with Crippen LogP contribution in [0.25, 0.3) is 0 Å². The van der Waals surface area contributed by atoms with E-state index in [2.05, 4.69) is 15.5 Å². The van der Waals surface area contributed by atoms with Gasteiger partial charge in [-0.1, -0.05) is 6.07 Å². The van der Waals surface area contributed by atoms with Crippen molar-refractivity contribution in [3.8, 4) is 11.5 Å². The Morgan fingerprint density at radius 1 is 1.19 bits per heavy atom. The largest absolute Gasteiger partial charge is 0.486 e. The zero-order valence-electron chi connectivity index (χ0n) is 15.7. The summed E-state index contributed by atoms with van der Waals surface area (Å²) >= 11 is 0. The molecule has 146 valence electrons. The van der Waals surface area contributed by atoms with E-state index in [1.54, 1.807) is 0 Å². The second kappa shape index (κ2) is 9.44. The second-order valence-electron chi connectivity index (χ2n) is 7.18. The molecule has 2 aliphatic rings. The van der Waals surface area contributed by atoms with Gasteiger partial charge in [0.25, 0.3) is 0 Å². The smallest absolute Gasteiger partial charge is 0.230 e. The summed E-state index contributed by atoms with van der Waals surface area (Å²) in [6, 6.07) is 5.77. The van der Waals surface area contributed by atoms with Crippen LogP contribution >= 0.6 is 12.4 Å². The lowest BCUT2D eigenvalue weighted by molar-refractivity contribution is -0.125. The number of nitrogens with one attached hydrogen (secondary N) is 2. The third-order valence-electron chi connectivity index (χ3n) is 4.98. The maximum atomic E-state index is 12.7. The molecule has 2 aliphatic heterocycles. The summed E-state index contributed by atoms with van der Waals surface area (Å²) in [6.45, 7) is 11.1. The Balaban J connectivity index is 0.00000243. The van der Waals surface area contributed by atoms with Gasteiger partial charge >= 0.3 is 0 Å². The van der Waals surface area contributed by atoms with Crippen LogP contribution in [0.1, 0.15) is 25.8 Å².